The molecule has 0 atom stereocenters. The Kier molecular flexibility index (Phi) is 6.41. The lowest BCUT2D eigenvalue weighted by Crippen LogP contribution is -2.35. The van der Waals surface area contributed by atoms with Gasteiger partial charge >= 0.3 is 0 Å². The van der Waals surface area contributed by atoms with E-state index in [1.165, 1.54) is 0 Å². The third kappa shape index (κ3) is 3.74. The summed E-state index contributed by atoms with van der Waals surface area (Å²) in [7, 11) is 0.0441. The smallest absolute Gasteiger partial charge is 0.268 e. The normalized spacial score (nSPS) is 13.1. The van der Waals surface area contributed by atoms with Gasteiger partial charge in [-0.25, -0.2) is 0 Å². The molecule has 0 bridgehead atoms. The SMILES string of the molecule is C=C/C(C)=C(\OC)O[Si](CC)(CC)CC. The van der Waals surface area contributed by atoms with Gasteiger partial charge in [0, 0.05) is 5.57 Å². The first-order valence-electron chi connectivity index (χ1n) is 5.65. The van der Waals surface area contributed by atoms with E-state index in [9.17, 15) is 0 Å². The van der Waals surface area contributed by atoms with Crippen LogP contribution in [0.3, 0.4) is 0 Å². The lowest BCUT2D eigenvalue weighted by Gasteiger charge is -2.29. The van der Waals surface area contributed by atoms with E-state index < -0.39 is 8.32 Å². The van der Waals surface area contributed by atoms with Crippen LogP contribution in [0.4, 0.5) is 0 Å². The quantitative estimate of drug-likeness (QED) is 0.371. The predicted molar refractivity (Wildman–Crippen MR) is 68.2 cm³/mol. The van der Waals surface area contributed by atoms with E-state index >= 15 is 0 Å². The molecule has 0 saturated carbocycles. The maximum absolute atomic E-state index is 6.11. The lowest BCUT2D eigenvalue weighted by atomic mass is 10.3. The second kappa shape index (κ2) is 6.72. The van der Waals surface area contributed by atoms with Crippen LogP contribution in [0.15, 0.2) is 24.2 Å². The molecule has 0 spiro atoms. The fourth-order valence-corrected chi connectivity index (χ4v) is 4.10. The molecule has 0 aromatic heterocycles. The van der Waals surface area contributed by atoms with Crippen molar-refractivity contribution in [2.75, 3.05) is 7.11 Å². The first kappa shape index (κ1) is 14.3. The summed E-state index contributed by atoms with van der Waals surface area (Å²) in [6.07, 6.45) is 1.78. The average molecular weight is 228 g/mol. The van der Waals surface area contributed by atoms with E-state index in [1.807, 2.05) is 6.92 Å². The molecule has 0 unspecified atom stereocenters. The van der Waals surface area contributed by atoms with E-state index in [2.05, 4.69) is 27.4 Å². The maximum Gasteiger partial charge on any atom is 0.268 e. The van der Waals surface area contributed by atoms with E-state index in [1.54, 1.807) is 13.2 Å². The molecule has 0 fully saturated rings. The van der Waals surface area contributed by atoms with Gasteiger partial charge in [0.05, 0.1) is 7.11 Å². The van der Waals surface area contributed by atoms with Gasteiger partial charge in [0.15, 0.2) is 0 Å². The molecule has 3 heteroatoms. The number of rotatable bonds is 7. The number of ether oxygens (including phenoxy) is 1. The molecule has 0 aromatic rings. The zero-order valence-electron chi connectivity index (χ0n) is 10.7. The Morgan fingerprint density at radius 1 is 1.20 bits per heavy atom. The third-order valence-corrected chi connectivity index (χ3v) is 7.54. The van der Waals surface area contributed by atoms with Crippen LogP contribution >= 0.6 is 0 Å². The Balaban J connectivity index is 4.86. The first-order valence-corrected chi connectivity index (χ1v) is 8.18. The molecule has 0 aliphatic rings. The van der Waals surface area contributed by atoms with E-state index in [0.29, 0.717) is 5.95 Å². The minimum Gasteiger partial charge on any atom is -0.519 e. The highest BCUT2D eigenvalue weighted by molar-refractivity contribution is 6.73. The molecule has 88 valence electrons. The first-order chi connectivity index (χ1) is 7.09. The minimum atomic E-state index is -1.61. The summed E-state index contributed by atoms with van der Waals surface area (Å²) in [6.45, 7) is 12.3. The molecule has 0 saturated heterocycles. The molecular formula is C12H24O2Si. The van der Waals surface area contributed by atoms with Gasteiger partial charge in [-0.15, -0.1) is 0 Å². The fourth-order valence-electron chi connectivity index (χ4n) is 1.53. The van der Waals surface area contributed by atoms with Crippen LogP contribution in [0.1, 0.15) is 27.7 Å². The average Bonchev–Trinajstić information content (AvgIpc) is 2.31. The fraction of sp³-hybridized carbons (Fsp3) is 0.667. The Bertz CT molecular complexity index is 222. The van der Waals surface area contributed by atoms with Crippen LogP contribution in [0.5, 0.6) is 0 Å². The Morgan fingerprint density at radius 2 is 1.67 bits per heavy atom. The lowest BCUT2D eigenvalue weighted by molar-refractivity contribution is 0.140. The van der Waals surface area contributed by atoms with Gasteiger partial charge < -0.3 is 9.16 Å². The summed E-state index contributed by atoms with van der Waals surface area (Å²) in [5.41, 5.74) is 0.977. The third-order valence-electron chi connectivity index (χ3n) is 3.06. The van der Waals surface area contributed by atoms with Crippen molar-refractivity contribution >= 4 is 8.32 Å². The van der Waals surface area contributed by atoms with Crippen molar-refractivity contribution in [3.8, 4) is 0 Å². The number of hydrogen-bond acceptors (Lipinski definition) is 2. The Labute approximate surface area is 95.1 Å². The van der Waals surface area contributed by atoms with Crippen molar-refractivity contribution in [1.29, 1.82) is 0 Å². The van der Waals surface area contributed by atoms with Gasteiger partial charge in [0.2, 0.25) is 0 Å². The highest BCUT2D eigenvalue weighted by Crippen LogP contribution is 2.26. The summed E-state index contributed by atoms with van der Waals surface area (Å²) >= 11 is 0. The van der Waals surface area contributed by atoms with Crippen LogP contribution in [-0.4, -0.2) is 15.4 Å². The van der Waals surface area contributed by atoms with E-state index in [-0.39, 0.29) is 0 Å². The van der Waals surface area contributed by atoms with Crippen LogP contribution in [0.25, 0.3) is 0 Å². The largest absolute Gasteiger partial charge is 0.519 e. The van der Waals surface area contributed by atoms with Gasteiger partial charge in [-0.1, -0.05) is 33.4 Å². The van der Waals surface area contributed by atoms with Crippen molar-refractivity contribution in [2.24, 2.45) is 0 Å². The Hall–Kier alpha value is -0.703. The van der Waals surface area contributed by atoms with Gasteiger partial charge in [0.1, 0.15) is 0 Å². The second-order valence-electron chi connectivity index (χ2n) is 3.72. The topological polar surface area (TPSA) is 18.5 Å². The molecule has 0 heterocycles. The van der Waals surface area contributed by atoms with Gasteiger partial charge in [-0.05, 0) is 25.1 Å². The highest BCUT2D eigenvalue weighted by atomic mass is 28.4. The van der Waals surface area contributed by atoms with Crippen molar-refractivity contribution in [1.82, 2.24) is 0 Å². The molecule has 0 amide bonds. The second-order valence-corrected chi connectivity index (χ2v) is 8.42. The van der Waals surface area contributed by atoms with Crippen molar-refractivity contribution in [2.45, 2.75) is 45.8 Å². The summed E-state index contributed by atoms with van der Waals surface area (Å²) in [4.78, 5) is 0. The number of allylic oxidation sites excluding steroid dienone is 2. The van der Waals surface area contributed by atoms with Gasteiger partial charge in [-0.2, -0.15) is 0 Å². The highest BCUT2D eigenvalue weighted by Gasteiger charge is 2.32. The van der Waals surface area contributed by atoms with E-state index in [0.717, 1.165) is 23.7 Å². The number of methoxy groups -OCH3 is 1. The molecule has 2 nitrogen and oxygen atoms in total. The standard InChI is InChI=1S/C12H24O2Si/c1-7-11(5)12(13-6)14-15(8-2,9-3)10-4/h7H,1,8-10H2,2-6H3/b12-11+. The van der Waals surface area contributed by atoms with Gasteiger partial charge in [-0.3, -0.25) is 0 Å². The summed E-state index contributed by atoms with van der Waals surface area (Å²) in [5.74, 6) is 0.655. The molecular weight excluding hydrogens is 204 g/mol. The van der Waals surface area contributed by atoms with Crippen molar-refractivity contribution in [3.05, 3.63) is 24.2 Å². The number of hydrogen-bond donors (Lipinski definition) is 0. The summed E-state index contributed by atoms with van der Waals surface area (Å²) in [5, 5.41) is 0. The molecule has 0 N–H and O–H groups in total. The molecule has 0 aromatic carbocycles. The molecule has 15 heavy (non-hydrogen) atoms. The zero-order chi connectivity index (χ0) is 11.9. The van der Waals surface area contributed by atoms with Crippen LogP contribution in [0.2, 0.25) is 18.1 Å². The monoisotopic (exact) mass is 228 g/mol. The van der Waals surface area contributed by atoms with E-state index in [4.69, 9.17) is 9.16 Å². The summed E-state index contributed by atoms with van der Waals surface area (Å²) < 4.78 is 11.4. The molecule has 0 rings (SSSR count). The zero-order valence-corrected chi connectivity index (χ0v) is 11.7. The molecule has 0 aliphatic carbocycles. The van der Waals surface area contributed by atoms with Crippen LogP contribution < -0.4 is 0 Å². The maximum atomic E-state index is 6.11. The van der Waals surface area contributed by atoms with Gasteiger partial charge in [0.25, 0.3) is 14.3 Å². The molecule has 0 radical (unpaired) electrons. The predicted octanol–water partition coefficient (Wildman–Crippen LogP) is 4.07. The van der Waals surface area contributed by atoms with Crippen LogP contribution in [0, 0.1) is 0 Å². The summed E-state index contributed by atoms with van der Waals surface area (Å²) in [6, 6.07) is 3.37. The minimum absolute atomic E-state index is 0.655. The Morgan fingerprint density at radius 3 is 1.93 bits per heavy atom. The van der Waals surface area contributed by atoms with Crippen LogP contribution in [-0.2, 0) is 9.16 Å². The van der Waals surface area contributed by atoms with Crippen molar-refractivity contribution < 1.29 is 9.16 Å². The van der Waals surface area contributed by atoms with Crippen molar-refractivity contribution in [3.63, 3.8) is 0 Å². The molecule has 0 aliphatic heterocycles.